The standard InChI is InChI=1S/C65H68N4O/c1-42-32-60(66-40-56(42)44-22-17-23-45(33-44)62(2,3)4)69-58-37-46(63(5,6)7)28-30-54(58)55-31-29-52(39-59(55)69)70-51-25-18-24-49(38-51)67-41-68(50-35-47(64(8,9)10)34-48(36-50)65(11,12)13)61-53(26-19-27-57(61)67)43-20-15-14-16-21-43/h14-40H,41H2,1-13H3/i1D3. The maximum Gasteiger partial charge on any atom is 0.137 e. The van der Waals surface area contributed by atoms with Gasteiger partial charge in [-0.1, -0.05) is 174 Å². The van der Waals surface area contributed by atoms with E-state index in [1.54, 1.807) is 12.3 Å². The molecule has 5 nitrogen and oxygen atoms in total. The average molecular weight is 924 g/mol. The Hall–Kier alpha value is -7.11. The van der Waals surface area contributed by atoms with Gasteiger partial charge in [0, 0.05) is 55.7 Å². The number of para-hydroxylation sites is 1. The highest BCUT2D eigenvalue weighted by Gasteiger charge is 2.33. The van der Waals surface area contributed by atoms with Gasteiger partial charge in [0.2, 0.25) is 0 Å². The molecular formula is C65H68N4O. The molecule has 70 heavy (non-hydrogen) atoms. The summed E-state index contributed by atoms with van der Waals surface area (Å²) in [7, 11) is 0. The Morgan fingerprint density at radius 1 is 0.471 bits per heavy atom. The van der Waals surface area contributed by atoms with Crippen molar-refractivity contribution < 1.29 is 8.85 Å². The van der Waals surface area contributed by atoms with Crippen molar-refractivity contribution in [1.29, 1.82) is 0 Å². The molecule has 0 fully saturated rings. The maximum absolute atomic E-state index is 8.82. The molecule has 7 aromatic carbocycles. The third-order valence-corrected chi connectivity index (χ3v) is 14.0. The molecule has 0 N–H and O–H groups in total. The van der Waals surface area contributed by atoms with E-state index in [1.807, 2.05) is 24.3 Å². The normalized spacial score (nSPS) is 14.2. The zero-order chi connectivity index (χ0) is 52.0. The quantitative estimate of drug-likeness (QED) is 0.159. The van der Waals surface area contributed by atoms with E-state index < -0.39 is 6.85 Å². The van der Waals surface area contributed by atoms with Gasteiger partial charge in [0.25, 0.3) is 0 Å². The lowest BCUT2D eigenvalue weighted by molar-refractivity contribution is 0.483. The van der Waals surface area contributed by atoms with Crippen LogP contribution in [0.4, 0.5) is 22.7 Å². The number of rotatable bonds is 7. The molecule has 0 saturated carbocycles. The van der Waals surface area contributed by atoms with Crippen LogP contribution in [0.2, 0.25) is 0 Å². The van der Waals surface area contributed by atoms with Crippen LogP contribution in [-0.4, -0.2) is 16.2 Å². The van der Waals surface area contributed by atoms with Crippen LogP contribution in [0.5, 0.6) is 11.5 Å². The number of anilines is 4. The molecule has 10 rings (SSSR count). The largest absolute Gasteiger partial charge is 0.457 e. The SMILES string of the molecule is [2H]C([2H])([2H])c1cc(-n2c3cc(Oc4cccc(N5CN(c6cc(C(C)(C)C)cc(C(C)(C)C)c6)c6c(-c7ccccc7)cccc65)c4)ccc3c3ccc(C(C)(C)C)cc32)ncc1-c1cccc(C(C)(C)C)c1. The summed E-state index contributed by atoms with van der Waals surface area (Å²) in [5.74, 6) is 1.88. The third kappa shape index (κ3) is 8.76. The summed E-state index contributed by atoms with van der Waals surface area (Å²) in [6.45, 7) is 25.1. The van der Waals surface area contributed by atoms with Crippen molar-refractivity contribution >= 4 is 44.6 Å². The van der Waals surface area contributed by atoms with E-state index in [1.165, 1.54) is 39.2 Å². The molecule has 1 aliphatic heterocycles. The highest BCUT2D eigenvalue weighted by molar-refractivity contribution is 6.10. The van der Waals surface area contributed by atoms with Gasteiger partial charge < -0.3 is 14.5 Å². The molecule has 9 aromatic rings. The van der Waals surface area contributed by atoms with Gasteiger partial charge in [-0.3, -0.25) is 4.57 Å². The number of hydrogen-bond donors (Lipinski definition) is 0. The summed E-state index contributed by atoms with van der Waals surface area (Å²) >= 11 is 0. The lowest BCUT2D eigenvalue weighted by Gasteiger charge is -2.30. The van der Waals surface area contributed by atoms with E-state index in [0.29, 0.717) is 29.5 Å². The molecule has 0 radical (unpaired) electrons. The fourth-order valence-electron chi connectivity index (χ4n) is 9.81. The fraction of sp³-hybridized carbons (Fsp3) is 0.277. The zero-order valence-corrected chi connectivity index (χ0v) is 43.0. The molecule has 0 atom stereocenters. The maximum atomic E-state index is 8.82. The molecule has 3 heterocycles. The summed E-state index contributed by atoms with van der Waals surface area (Å²) in [4.78, 5) is 9.96. The topological polar surface area (TPSA) is 33.5 Å². The van der Waals surface area contributed by atoms with Crippen molar-refractivity contribution in [3.05, 3.63) is 192 Å². The van der Waals surface area contributed by atoms with Crippen molar-refractivity contribution in [3.8, 4) is 39.6 Å². The van der Waals surface area contributed by atoms with Gasteiger partial charge in [-0.05, 0) is 122 Å². The number of pyridine rings is 1. The van der Waals surface area contributed by atoms with Crippen molar-refractivity contribution in [2.75, 3.05) is 16.5 Å². The van der Waals surface area contributed by atoms with Crippen molar-refractivity contribution in [1.82, 2.24) is 9.55 Å². The van der Waals surface area contributed by atoms with E-state index in [-0.39, 0.29) is 27.2 Å². The second-order valence-electron chi connectivity index (χ2n) is 23.3. The van der Waals surface area contributed by atoms with Gasteiger partial charge in [0.15, 0.2) is 0 Å². The number of aromatic nitrogens is 2. The molecule has 0 bridgehead atoms. The molecule has 354 valence electrons. The summed E-state index contributed by atoms with van der Waals surface area (Å²) in [5, 5.41) is 2.06. The van der Waals surface area contributed by atoms with Crippen LogP contribution < -0.4 is 14.5 Å². The Morgan fingerprint density at radius 2 is 1.09 bits per heavy atom. The van der Waals surface area contributed by atoms with E-state index in [2.05, 4.69) is 225 Å². The highest BCUT2D eigenvalue weighted by Crippen LogP contribution is 2.51. The highest BCUT2D eigenvalue weighted by atomic mass is 16.5. The third-order valence-electron chi connectivity index (χ3n) is 14.0. The first-order valence-corrected chi connectivity index (χ1v) is 24.7. The lowest BCUT2D eigenvalue weighted by atomic mass is 9.80. The number of ether oxygens (including phenoxy) is 1. The minimum Gasteiger partial charge on any atom is -0.457 e. The van der Waals surface area contributed by atoms with E-state index in [0.717, 1.165) is 44.3 Å². The van der Waals surface area contributed by atoms with Crippen LogP contribution >= 0.6 is 0 Å². The first-order chi connectivity index (χ1) is 34.3. The van der Waals surface area contributed by atoms with Gasteiger partial charge in [0.1, 0.15) is 24.0 Å². The number of nitrogens with zero attached hydrogens (tertiary/aromatic N) is 4. The number of hydrogen-bond acceptors (Lipinski definition) is 4. The van der Waals surface area contributed by atoms with Gasteiger partial charge in [-0.15, -0.1) is 0 Å². The zero-order valence-electron chi connectivity index (χ0n) is 46.0. The summed E-state index contributed by atoms with van der Waals surface area (Å²) in [6.07, 6.45) is 1.74. The first-order valence-electron chi connectivity index (χ1n) is 26.2. The molecule has 5 heteroatoms. The van der Waals surface area contributed by atoms with Gasteiger partial charge in [0.05, 0.1) is 22.4 Å². The first kappa shape index (κ1) is 43.0. The van der Waals surface area contributed by atoms with E-state index in [9.17, 15) is 0 Å². The Kier molecular flexibility index (Phi) is 10.5. The monoisotopic (exact) mass is 924 g/mol. The smallest absolute Gasteiger partial charge is 0.137 e. The fourth-order valence-corrected chi connectivity index (χ4v) is 9.81. The van der Waals surface area contributed by atoms with Crippen LogP contribution in [-0.2, 0) is 21.7 Å². The molecular weight excluding hydrogens is 853 g/mol. The Balaban J connectivity index is 1.08. The van der Waals surface area contributed by atoms with E-state index in [4.69, 9.17) is 13.8 Å². The van der Waals surface area contributed by atoms with Crippen LogP contribution in [0, 0.1) is 6.85 Å². The Labute approximate surface area is 420 Å². The van der Waals surface area contributed by atoms with Crippen LogP contribution in [0.25, 0.3) is 49.9 Å². The summed E-state index contributed by atoms with van der Waals surface area (Å²) in [6, 6.07) is 55.5. The minimum absolute atomic E-state index is 0.0451. The number of aryl methyl sites for hydroxylation is 1. The minimum atomic E-state index is -2.40. The van der Waals surface area contributed by atoms with E-state index >= 15 is 0 Å². The predicted octanol–water partition coefficient (Wildman–Crippen LogP) is 18.1. The lowest BCUT2D eigenvalue weighted by Crippen LogP contribution is -2.25. The summed E-state index contributed by atoms with van der Waals surface area (Å²) < 4.78 is 35.4. The molecule has 0 saturated heterocycles. The second-order valence-corrected chi connectivity index (χ2v) is 23.3. The average Bonchev–Trinajstić information content (AvgIpc) is 3.89. The van der Waals surface area contributed by atoms with Crippen molar-refractivity contribution in [3.63, 3.8) is 0 Å². The number of fused-ring (bicyclic) bond motifs is 4. The molecule has 1 aliphatic rings. The Morgan fingerprint density at radius 3 is 1.77 bits per heavy atom. The molecule has 0 unspecified atom stereocenters. The number of benzene rings is 7. The van der Waals surface area contributed by atoms with Crippen molar-refractivity contribution in [2.24, 2.45) is 0 Å². The molecule has 2 aromatic heterocycles. The summed E-state index contributed by atoms with van der Waals surface area (Å²) in [5.41, 5.74) is 14.9. The van der Waals surface area contributed by atoms with Crippen LogP contribution in [0.3, 0.4) is 0 Å². The Bertz CT molecular complexity index is 3530. The van der Waals surface area contributed by atoms with Crippen molar-refractivity contribution in [2.45, 2.75) is 112 Å². The molecule has 0 amide bonds. The van der Waals surface area contributed by atoms with Gasteiger partial charge >= 0.3 is 0 Å². The van der Waals surface area contributed by atoms with Crippen LogP contribution in [0.15, 0.2) is 164 Å². The van der Waals surface area contributed by atoms with Crippen LogP contribution in [0.1, 0.15) is 115 Å². The second kappa shape index (κ2) is 17.1. The van der Waals surface area contributed by atoms with Gasteiger partial charge in [-0.2, -0.15) is 0 Å². The van der Waals surface area contributed by atoms with Gasteiger partial charge in [-0.25, -0.2) is 4.98 Å². The molecule has 0 aliphatic carbocycles. The predicted molar refractivity (Wildman–Crippen MR) is 298 cm³/mol. The molecule has 0 spiro atoms.